The zero-order valence-electron chi connectivity index (χ0n) is 11.6. The van der Waals surface area contributed by atoms with Crippen molar-refractivity contribution in [3.63, 3.8) is 0 Å². The molecule has 0 spiro atoms. The summed E-state index contributed by atoms with van der Waals surface area (Å²) in [7, 11) is 0. The number of hydrogen-bond donors (Lipinski definition) is 2. The molecule has 1 atom stereocenters. The van der Waals surface area contributed by atoms with Gasteiger partial charge in [0.15, 0.2) is 0 Å². The molecule has 2 aromatic rings. The molecule has 0 radical (unpaired) electrons. The Morgan fingerprint density at radius 3 is 2.70 bits per heavy atom. The summed E-state index contributed by atoms with van der Waals surface area (Å²) >= 11 is 1.56. The summed E-state index contributed by atoms with van der Waals surface area (Å²) in [5.74, 6) is -0.176. The molecule has 1 amide bonds. The molecule has 1 aromatic heterocycles. The van der Waals surface area contributed by atoms with E-state index in [4.69, 9.17) is 0 Å². The van der Waals surface area contributed by atoms with Crippen LogP contribution in [0.4, 0.5) is 0 Å². The highest BCUT2D eigenvalue weighted by atomic mass is 32.1. The Balaban J connectivity index is 1.91. The number of rotatable bonds is 5. The molecular formula is C15H18N2O2S. The van der Waals surface area contributed by atoms with Gasteiger partial charge in [-0.3, -0.25) is 4.79 Å². The lowest BCUT2D eigenvalue weighted by molar-refractivity contribution is -0.126. The number of aliphatic hydroxyl groups is 1. The average molecular weight is 290 g/mol. The number of carbonyl (C=O) groups is 1. The second-order valence-electron chi connectivity index (χ2n) is 4.94. The van der Waals surface area contributed by atoms with Gasteiger partial charge in [0.1, 0.15) is 0 Å². The van der Waals surface area contributed by atoms with Gasteiger partial charge in [0.05, 0.1) is 23.6 Å². The standard InChI is InChI=1S/C15H18N2O2S/c1-11-16-9-13(20-11)10-17-14(18)8-15(2,19)12-6-4-3-5-7-12/h3-7,9,19H,8,10H2,1-2H3,(H,17,18). The van der Waals surface area contributed by atoms with Crippen LogP contribution < -0.4 is 5.32 Å². The van der Waals surface area contributed by atoms with E-state index in [2.05, 4.69) is 10.3 Å². The zero-order chi connectivity index (χ0) is 14.6. The molecule has 106 valence electrons. The predicted molar refractivity (Wildman–Crippen MR) is 79.3 cm³/mol. The summed E-state index contributed by atoms with van der Waals surface area (Å²) in [5, 5.41) is 14.2. The Bertz CT molecular complexity index is 579. The van der Waals surface area contributed by atoms with Crippen LogP contribution in [0.25, 0.3) is 0 Å². The third-order valence-corrected chi connectivity index (χ3v) is 3.94. The molecular weight excluding hydrogens is 272 g/mol. The molecule has 2 rings (SSSR count). The van der Waals surface area contributed by atoms with Gasteiger partial charge in [-0.1, -0.05) is 30.3 Å². The molecule has 1 unspecified atom stereocenters. The number of aryl methyl sites for hydroxylation is 1. The summed E-state index contributed by atoms with van der Waals surface area (Å²) in [5.41, 5.74) is -0.418. The highest BCUT2D eigenvalue weighted by molar-refractivity contribution is 7.11. The Labute approximate surface area is 122 Å². The highest BCUT2D eigenvalue weighted by Gasteiger charge is 2.26. The summed E-state index contributed by atoms with van der Waals surface area (Å²) < 4.78 is 0. The topological polar surface area (TPSA) is 62.2 Å². The lowest BCUT2D eigenvalue weighted by atomic mass is 9.92. The first-order valence-corrected chi connectivity index (χ1v) is 7.25. The quantitative estimate of drug-likeness (QED) is 0.888. The summed E-state index contributed by atoms with van der Waals surface area (Å²) in [6.45, 7) is 4.03. The minimum atomic E-state index is -1.16. The number of benzene rings is 1. The van der Waals surface area contributed by atoms with Gasteiger partial charge in [-0.25, -0.2) is 4.98 Å². The summed E-state index contributed by atoms with van der Waals surface area (Å²) in [6.07, 6.45) is 1.80. The second kappa shape index (κ2) is 6.15. The van der Waals surface area contributed by atoms with Crippen LogP contribution in [0, 0.1) is 6.92 Å². The molecule has 0 aliphatic heterocycles. The molecule has 0 bridgehead atoms. The first-order chi connectivity index (χ1) is 9.47. The molecule has 2 N–H and O–H groups in total. The maximum absolute atomic E-state index is 11.9. The minimum absolute atomic E-state index is 0.0365. The Hall–Kier alpha value is -1.72. The van der Waals surface area contributed by atoms with Gasteiger partial charge in [0.25, 0.3) is 0 Å². The minimum Gasteiger partial charge on any atom is -0.385 e. The summed E-state index contributed by atoms with van der Waals surface area (Å²) in [6, 6.07) is 9.22. The monoisotopic (exact) mass is 290 g/mol. The van der Waals surface area contributed by atoms with E-state index < -0.39 is 5.60 Å². The van der Waals surface area contributed by atoms with Crippen molar-refractivity contribution in [3.8, 4) is 0 Å². The first-order valence-electron chi connectivity index (χ1n) is 6.43. The molecule has 0 aliphatic carbocycles. The molecule has 20 heavy (non-hydrogen) atoms. The number of hydrogen-bond acceptors (Lipinski definition) is 4. The van der Waals surface area contributed by atoms with Gasteiger partial charge in [-0.05, 0) is 19.4 Å². The van der Waals surface area contributed by atoms with Crippen molar-refractivity contribution < 1.29 is 9.90 Å². The number of amides is 1. The maximum atomic E-state index is 11.9. The Morgan fingerprint density at radius 2 is 2.10 bits per heavy atom. The molecule has 5 heteroatoms. The van der Waals surface area contributed by atoms with Crippen LogP contribution in [0.1, 0.15) is 28.8 Å². The largest absolute Gasteiger partial charge is 0.385 e. The summed E-state index contributed by atoms with van der Waals surface area (Å²) in [4.78, 5) is 17.1. The third-order valence-electron chi connectivity index (χ3n) is 3.03. The van der Waals surface area contributed by atoms with E-state index in [0.29, 0.717) is 6.54 Å². The predicted octanol–water partition coefficient (Wildman–Crippen LogP) is 2.37. The Morgan fingerprint density at radius 1 is 1.40 bits per heavy atom. The van der Waals surface area contributed by atoms with Gasteiger partial charge in [-0.2, -0.15) is 0 Å². The van der Waals surface area contributed by atoms with Crippen LogP contribution in [0.5, 0.6) is 0 Å². The lowest BCUT2D eigenvalue weighted by Crippen LogP contribution is -2.32. The number of nitrogens with zero attached hydrogens (tertiary/aromatic N) is 1. The molecule has 0 fully saturated rings. The number of thiazole rings is 1. The third kappa shape index (κ3) is 3.88. The van der Waals surface area contributed by atoms with Crippen molar-refractivity contribution in [1.29, 1.82) is 0 Å². The van der Waals surface area contributed by atoms with Gasteiger partial charge in [0, 0.05) is 11.1 Å². The fourth-order valence-electron chi connectivity index (χ4n) is 1.95. The van der Waals surface area contributed by atoms with E-state index in [-0.39, 0.29) is 12.3 Å². The second-order valence-corrected chi connectivity index (χ2v) is 6.26. The zero-order valence-corrected chi connectivity index (χ0v) is 12.4. The van der Waals surface area contributed by atoms with E-state index in [0.717, 1.165) is 15.4 Å². The van der Waals surface area contributed by atoms with Gasteiger partial charge >= 0.3 is 0 Å². The fourth-order valence-corrected chi connectivity index (χ4v) is 2.68. The lowest BCUT2D eigenvalue weighted by Gasteiger charge is -2.23. The van der Waals surface area contributed by atoms with E-state index in [1.807, 2.05) is 37.3 Å². The van der Waals surface area contributed by atoms with Crippen LogP contribution in [0.15, 0.2) is 36.5 Å². The van der Waals surface area contributed by atoms with E-state index in [1.54, 1.807) is 24.5 Å². The van der Waals surface area contributed by atoms with Crippen LogP contribution in [0.3, 0.4) is 0 Å². The molecule has 4 nitrogen and oxygen atoms in total. The van der Waals surface area contributed by atoms with Crippen LogP contribution in [0.2, 0.25) is 0 Å². The van der Waals surface area contributed by atoms with Gasteiger partial charge in [0.2, 0.25) is 5.91 Å². The normalized spacial score (nSPS) is 13.8. The SMILES string of the molecule is Cc1ncc(CNC(=O)CC(C)(O)c2ccccc2)s1. The molecule has 0 saturated heterocycles. The van der Waals surface area contributed by atoms with Crippen LogP contribution in [-0.2, 0) is 16.9 Å². The first kappa shape index (κ1) is 14.7. The van der Waals surface area contributed by atoms with Crippen molar-refractivity contribution in [1.82, 2.24) is 10.3 Å². The Kier molecular flexibility index (Phi) is 4.52. The highest BCUT2D eigenvalue weighted by Crippen LogP contribution is 2.24. The number of nitrogens with one attached hydrogen (secondary N) is 1. The maximum Gasteiger partial charge on any atom is 0.223 e. The fraction of sp³-hybridized carbons (Fsp3) is 0.333. The smallest absolute Gasteiger partial charge is 0.223 e. The molecule has 1 heterocycles. The van der Waals surface area contributed by atoms with Crippen molar-refractivity contribution in [2.45, 2.75) is 32.4 Å². The van der Waals surface area contributed by atoms with Crippen LogP contribution in [-0.4, -0.2) is 16.0 Å². The van der Waals surface area contributed by atoms with Crippen LogP contribution >= 0.6 is 11.3 Å². The van der Waals surface area contributed by atoms with Crippen molar-refractivity contribution in [3.05, 3.63) is 52.0 Å². The van der Waals surface area contributed by atoms with E-state index in [1.165, 1.54) is 0 Å². The number of aromatic nitrogens is 1. The van der Waals surface area contributed by atoms with E-state index >= 15 is 0 Å². The van der Waals surface area contributed by atoms with E-state index in [9.17, 15) is 9.90 Å². The van der Waals surface area contributed by atoms with Crippen molar-refractivity contribution >= 4 is 17.2 Å². The molecule has 0 saturated carbocycles. The molecule has 0 aliphatic rings. The van der Waals surface area contributed by atoms with Crippen molar-refractivity contribution in [2.75, 3.05) is 0 Å². The van der Waals surface area contributed by atoms with Crippen molar-refractivity contribution in [2.24, 2.45) is 0 Å². The average Bonchev–Trinajstić information content (AvgIpc) is 2.83. The number of carbonyl (C=O) groups excluding carboxylic acids is 1. The molecule has 1 aromatic carbocycles. The van der Waals surface area contributed by atoms with Gasteiger partial charge < -0.3 is 10.4 Å². The van der Waals surface area contributed by atoms with Gasteiger partial charge in [-0.15, -0.1) is 11.3 Å².